The Kier molecular flexibility index (Phi) is 3.74. The maximum absolute atomic E-state index is 11.3. The Hall–Kier alpha value is -1.42. The summed E-state index contributed by atoms with van der Waals surface area (Å²) in [5.41, 5.74) is 0.513. The van der Waals surface area contributed by atoms with E-state index < -0.39 is 11.5 Å². The molecular weight excluding hydrogens is 216 g/mol. The van der Waals surface area contributed by atoms with Gasteiger partial charge in [0, 0.05) is 18.9 Å². The Morgan fingerprint density at radius 2 is 2.00 bits per heavy atom. The molecule has 4 heteroatoms. The molecule has 0 aromatic carbocycles. The number of hydrogen-bond acceptors (Lipinski definition) is 3. The van der Waals surface area contributed by atoms with E-state index in [0.717, 1.165) is 32.1 Å². The normalized spacial score (nSPS) is 18.1. The lowest BCUT2D eigenvalue weighted by Gasteiger charge is -2.25. The highest BCUT2D eigenvalue weighted by molar-refractivity contribution is 5.79. The molecule has 0 spiro atoms. The number of pyridine rings is 1. The van der Waals surface area contributed by atoms with E-state index in [1.807, 2.05) is 12.1 Å². The smallest absolute Gasteiger partial charge is 0.323 e. The predicted molar refractivity (Wildman–Crippen MR) is 64.8 cm³/mol. The highest BCUT2D eigenvalue weighted by Gasteiger charge is 2.40. The summed E-state index contributed by atoms with van der Waals surface area (Å²) in [6, 6.07) is 3.92. The Morgan fingerprint density at radius 1 is 1.35 bits per heavy atom. The molecule has 1 aromatic rings. The molecule has 1 aliphatic carbocycles. The number of aromatic nitrogens is 1. The minimum absolute atomic E-state index is 0.674. The minimum Gasteiger partial charge on any atom is -0.480 e. The van der Waals surface area contributed by atoms with Gasteiger partial charge in [0.05, 0.1) is 0 Å². The summed E-state index contributed by atoms with van der Waals surface area (Å²) in [5, 5.41) is 12.5. The zero-order valence-electron chi connectivity index (χ0n) is 9.85. The van der Waals surface area contributed by atoms with Crippen LogP contribution in [0.1, 0.15) is 31.2 Å². The number of nitrogens with zero attached hydrogens (tertiary/aromatic N) is 1. The van der Waals surface area contributed by atoms with Crippen molar-refractivity contribution in [2.75, 3.05) is 6.54 Å². The van der Waals surface area contributed by atoms with Crippen molar-refractivity contribution in [3.63, 3.8) is 0 Å². The standard InChI is InChI=1S/C13H18N2O2/c16-12(17)13(6-1-2-7-13)15-10-5-11-3-8-14-9-4-11/h3-4,8-9,15H,1-2,5-7,10H2,(H,16,17). The third kappa shape index (κ3) is 2.82. The molecule has 17 heavy (non-hydrogen) atoms. The van der Waals surface area contributed by atoms with Crippen LogP contribution in [0.3, 0.4) is 0 Å². The van der Waals surface area contributed by atoms with Crippen LogP contribution in [0, 0.1) is 0 Å². The summed E-state index contributed by atoms with van der Waals surface area (Å²) in [4.78, 5) is 15.3. The Morgan fingerprint density at radius 3 is 2.59 bits per heavy atom. The lowest BCUT2D eigenvalue weighted by atomic mass is 9.97. The van der Waals surface area contributed by atoms with Gasteiger partial charge in [0.15, 0.2) is 0 Å². The Balaban J connectivity index is 1.87. The zero-order chi connectivity index (χ0) is 12.1. The van der Waals surface area contributed by atoms with Crippen LogP contribution in [-0.4, -0.2) is 28.1 Å². The van der Waals surface area contributed by atoms with E-state index in [0.29, 0.717) is 6.54 Å². The molecule has 92 valence electrons. The lowest BCUT2D eigenvalue weighted by molar-refractivity contribution is -0.144. The van der Waals surface area contributed by atoms with Gasteiger partial charge in [-0.1, -0.05) is 12.8 Å². The maximum atomic E-state index is 11.3. The molecule has 1 heterocycles. The molecule has 1 fully saturated rings. The molecule has 0 amide bonds. The van der Waals surface area contributed by atoms with Gasteiger partial charge in [-0.15, -0.1) is 0 Å². The summed E-state index contributed by atoms with van der Waals surface area (Å²) in [5.74, 6) is -0.704. The summed E-state index contributed by atoms with van der Waals surface area (Å²) < 4.78 is 0. The molecule has 1 aromatic heterocycles. The number of nitrogens with one attached hydrogen (secondary N) is 1. The van der Waals surface area contributed by atoms with Gasteiger partial charge in [-0.3, -0.25) is 9.78 Å². The monoisotopic (exact) mass is 234 g/mol. The molecule has 0 radical (unpaired) electrons. The molecule has 0 saturated heterocycles. The molecule has 4 nitrogen and oxygen atoms in total. The topological polar surface area (TPSA) is 62.2 Å². The lowest BCUT2D eigenvalue weighted by Crippen LogP contribution is -2.50. The number of hydrogen-bond donors (Lipinski definition) is 2. The van der Waals surface area contributed by atoms with Crippen molar-refractivity contribution in [1.82, 2.24) is 10.3 Å². The van der Waals surface area contributed by atoms with Crippen LogP contribution in [0.2, 0.25) is 0 Å². The van der Waals surface area contributed by atoms with E-state index in [1.165, 1.54) is 5.56 Å². The highest BCUT2D eigenvalue weighted by Crippen LogP contribution is 2.29. The molecular formula is C13H18N2O2. The first kappa shape index (κ1) is 12.0. The molecule has 2 rings (SSSR count). The van der Waals surface area contributed by atoms with Crippen molar-refractivity contribution >= 4 is 5.97 Å². The fraction of sp³-hybridized carbons (Fsp3) is 0.538. The van der Waals surface area contributed by atoms with Gasteiger partial charge in [-0.2, -0.15) is 0 Å². The first-order chi connectivity index (χ1) is 8.23. The van der Waals surface area contributed by atoms with Gasteiger partial charge < -0.3 is 10.4 Å². The predicted octanol–water partition coefficient (Wildman–Crippen LogP) is 1.61. The number of carboxylic acid groups (broad SMARTS) is 1. The van der Waals surface area contributed by atoms with Crippen molar-refractivity contribution in [3.8, 4) is 0 Å². The number of carboxylic acids is 1. The first-order valence-electron chi connectivity index (χ1n) is 6.10. The average molecular weight is 234 g/mol. The van der Waals surface area contributed by atoms with Crippen LogP contribution in [0.25, 0.3) is 0 Å². The highest BCUT2D eigenvalue weighted by atomic mass is 16.4. The van der Waals surface area contributed by atoms with Crippen LogP contribution in [0.4, 0.5) is 0 Å². The van der Waals surface area contributed by atoms with Crippen molar-refractivity contribution in [2.45, 2.75) is 37.6 Å². The first-order valence-corrected chi connectivity index (χ1v) is 6.10. The van der Waals surface area contributed by atoms with Crippen LogP contribution >= 0.6 is 0 Å². The SMILES string of the molecule is O=C(O)C1(NCCc2ccncc2)CCCC1. The van der Waals surface area contributed by atoms with Crippen molar-refractivity contribution in [3.05, 3.63) is 30.1 Å². The molecule has 0 aliphatic heterocycles. The van der Waals surface area contributed by atoms with E-state index in [4.69, 9.17) is 0 Å². The molecule has 0 bridgehead atoms. The second-order valence-electron chi connectivity index (χ2n) is 4.63. The Labute approximate surface area is 101 Å². The van der Waals surface area contributed by atoms with Crippen LogP contribution < -0.4 is 5.32 Å². The van der Waals surface area contributed by atoms with Gasteiger partial charge in [0.25, 0.3) is 0 Å². The van der Waals surface area contributed by atoms with Crippen molar-refractivity contribution in [1.29, 1.82) is 0 Å². The van der Waals surface area contributed by atoms with Crippen LogP contribution in [-0.2, 0) is 11.2 Å². The third-order valence-electron chi connectivity index (χ3n) is 3.49. The van der Waals surface area contributed by atoms with Gasteiger partial charge in [-0.25, -0.2) is 0 Å². The van der Waals surface area contributed by atoms with Crippen LogP contribution in [0.15, 0.2) is 24.5 Å². The fourth-order valence-electron chi connectivity index (χ4n) is 2.44. The fourth-order valence-corrected chi connectivity index (χ4v) is 2.44. The molecule has 0 unspecified atom stereocenters. The quantitative estimate of drug-likeness (QED) is 0.812. The third-order valence-corrected chi connectivity index (χ3v) is 3.49. The van der Waals surface area contributed by atoms with Crippen molar-refractivity contribution in [2.24, 2.45) is 0 Å². The van der Waals surface area contributed by atoms with E-state index in [1.54, 1.807) is 12.4 Å². The zero-order valence-corrected chi connectivity index (χ0v) is 9.85. The van der Waals surface area contributed by atoms with E-state index >= 15 is 0 Å². The van der Waals surface area contributed by atoms with E-state index in [2.05, 4.69) is 10.3 Å². The van der Waals surface area contributed by atoms with E-state index in [9.17, 15) is 9.90 Å². The second-order valence-corrected chi connectivity index (χ2v) is 4.63. The van der Waals surface area contributed by atoms with E-state index in [-0.39, 0.29) is 0 Å². The summed E-state index contributed by atoms with van der Waals surface area (Å²) in [7, 11) is 0. The molecule has 2 N–H and O–H groups in total. The molecule has 1 aliphatic rings. The van der Waals surface area contributed by atoms with Gasteiger partial charge in [-0.05, 0) is 37.0 Å². The van der Waals surface area contributed by atoms with Crippen LogP contribution in [0.5, 0.6) is 0 Å². The number of aliphatic carboxylic acids is 1. The second kappa shape index (κ2) is 5.27. The summed E-state index contributed by atoms with van der Waals surface area (Å²) in [6.07, 6.45) is 7.88. The largest absolute Gasteiger partial charge is 0.480 e. The number of rotatable bonds is 5. The van der Waals surface area contributed by atoms with Gasteiger partial charge in [0.2, 0.25) is 0 Å². The Bertz CT molecular complexity index is 372. The van der Waals surface area contributed by atoms with Crippen molar-refractivity contribution < 1.29 is 9.90 Å². The van der Waals surface area contributed by atoms with Gasteiger partial charge >= 0.3 is 5.97 Å². The van der Waals surface area contributed by atoms with Gasteiger partial charge in [0.1, 0.15) is 5.54 Å². The number of carbonyl (C=O) groups is 1. The maximum Gasteiger partial charge on any atom is 0.323 e. The molecule has 0 atom stereocenters. The minimum atomic E-state index is -0.704. The average Bonchev–Trinajstić information content (AvgIpc) is 2.80. The molecule has 1 saturated carbocycles. The summed E-state index contributed by atoms with van der Waals surface area (Å²) >= 11 is 0. The summed E-state index contributed by atoms with van der Waals surface area (Å²) in [6.45, 7) is 0.705.